The highest BCUT2D eigenvalue weighted by Crippen LogP contribution is 2.30. The monoisotopic (exact) mass is 386 g/mol. The highest BCUT2D eigenvalue weighted by molar-refractivity contribution is 5.81. The smallest absolute Gasteiger partial charge is 0.221 e. The number of rotatable bonds is 10. The molecule has 0 spiro atoms. The van der Waals surface area contributed by atoms with E-state index in [4.69, 9.17) is 4.74 Å². The maximum Gasteiger partial charge on any atom is 0.221 e. The molecule has 2 aliphatic carbocycles. The summed E-state index contributed by atoms with van der Waals surface area (Å²) >= 11 is 0. The molecule has 6 heteroatoms. The summed E-state index contributed by atoms with van der Waals surface area (Å²) < 4.78 is 5.97. The quantitative estimate of drug-likeness (QED) is 0.427. The third kappa shape index (κ3) is 7.06. The number of amides is 1. The van der Waals surface area contributed by atoms with Gasteiger partial charge in [0.2, 0.25) is 5.91 Å². The Kier molecular flexibility index (Phi) is 8.00. The van der Waals surface area contributed by atoms with E-state index in [1.54, 1.807) is 0 Å². The van der Waals surface area contributed by atoms with E-state index in [2.05, 4.69) is 27.0 Å². The fourth-order valence-corrected chi connectivity index (χ4v) is 3.44. The van der Waals surface area contributed by atoms with E-state index >= 15 is 0 Å². The second kappa shape index (κ2) is 10.9. The molecule has 1 aromatic rings. The summed E-state index contributed by atoms with van der Waals surface area (Å²) in [5, 5.41) is 9.63. The number of carbonyl (C=O) groups excluding carboxylic acids is 1. The molecule has 0 heterocycles. The van der Waals surface area contributed by atoms with Crippen LogP contribution in [0.15, 0.2) is 29.3 Å². The highest BCUT2D eigenvalue weighted by atomic mass is 16.5. The summed E-state index contributed by atoms with van der Waals surface area (Å²) in [5.41, 5.74) is 1.08. The Morgan fingerprint density at radius 2 is 1.93 bits per heavy atom. The zero-order valence-corrected chi connectivity index (χ0v) is 17.0. The lowest BCUT2D eigenvalue weighted by Gasteiger charge is -2.14. The van der Waals surface area contributed by atoms with Gasteiger partial charge in [-0.15, -0.1) is 0 Å². The molecule has 2 saturated carbocycles. The summed E-state index contributed by atoms with van der Waals surface area (Å²) in [6.45, 7) is 4.74. The van der Waals surface area contributed by atoms with Crippen LogP contribution in [0.25, 0.3) is 0 Å². The topological polar surface area (TPSA) is 74.8 Å². The zero-order valence-electron chi connectivity index (χ0n) is 17.0. The Balaban J connectivity index is 1.46. The molecule has 28 heavy (non-hydrogen) atoms. The Bertz CT molecular complexity index is 652. The van der Waals surface area contributed by atoms with Gasteiger partial charge in [0, 0.05) is 31.1 Å². The van der Waals surface area contributed by atoms with E-state index in [0.29, 0.717) is 25.6 Å². The van der Waals surface area contributed by atoms with Gasteiger partial charge >= 0.3 is 0 Å². The van der Waals surface area contributed by atoms with Gasteiger partial charge in [-0.1, -0.05) is 31.0 Å². The van der Waals surface area contributed by atoms with E-state index in [1.807, 2.05) is 25.1 Å². The van der Waals surface area contributed by atoms with Crippen molar-refractivity contribution in [3.8, 4) is 5.75 Å². The molecule has 0 atom stereocenters. The second-order valence-corrected chi connectivity index (χ2v) is 7.78. The lowest BCUT2D eigenvalue weighted by molar-refractivity contribution is -0.121. The number of aliphatic imine (C=N–C) groups is 1. The van der Waals surface area contributed by atoms with E-state index in [9.17, 15) is 4.79 Å². The van der Waals surface area contributed by atoms with Gasteiger partial charge in [0.15, 0.2) is 5.96 Å². The summed E-state index contributed by atoms with van der Waals surface area (Å²) in [6, 6.07) is 8.47. The molecule has 6 nitrogen and oxygen atoms in total. The minimum atomic E-state index is 0.120. The SMILES string of the molecule is CCNC(=NCc1ccccc1OCC1CC1)NCCC(=O)NC1CCCC1. The standard InChI is InChI=1S/C22H34N4O2/c1-2-23-22(24-14-13-21(27)26-19-8-4-5-9-19)25-15-18-7-3-6-10-20(18)28-16-17-11-12-17/h3,6-7,10,17,19H,2,4-5,8-9,11-16H2,1H3,(H,26,27)(H2,23,24,25). The fraction of sp³-hybridized carbons (Fsp3) is 0.636. The summed E-state index contributed by atoms with van der Waals surface area (Å²) in [7, 11) is 0. The lowest BCUT2D eigenvalue weighted by Crippen LogP contribution is -2.40. The van der Waals surface area contributed by atoms with Gasteiger partial charge in [0.05, 0.1) is 13.2 Å². The molecule has 0 aromatic heterocycles. The molecule has 0 bridgehead atoms. The van der Waals surface area contributed by atoms with Crippen molar-refractivity contribution in [1.29, 1.82) is 0 Å². The predicted molar refractivity (Wildman–Crippen MR) is 112 cm³/mol. The molecule has 0 aliphatic heterocycles. The Morgan fingerprint density at radius 1 is 1.14 bits per heavy atom. The van der Waals surface area contributed by atoms with Crippen LogP contribution in [0.3, 0.4) is 0 Å². The van der Waals surface area contributed by atoms with Crippen molar-refractivity contribution in [3.63, 3.8) is 0 Å². The van der Waals surface area contributed by atoms with Crippen LogP contribution in [0.5, 0.6) is 5.75 Å². The van der Waals surface area contributed by atoms with E-state index in [-0.39, 0.29) is 5.91 Å². The van der Waals surface area contributed by atoms with Gasteiger partial charge in [-0.2, -0.15) is 0 Å². The van der Waals surface area contributed by atoms with Crippen LogP contribution in [0.1, 0.15) is 57.4 Å². The largest absolute Gasteiger partial charge is 0.493 e. The Labute approximate surface area is 168 Å². The molecule has 2 fully saturated rings. The van der Waals surface area contributed by atoms with Crippen LogP contribution < -0.4 is 20.7 Å². The highest BCUT2D eigenvalue weighted by Gasteiger charge is 2.22. The van der Waals surface area contributed by atoms with Crippen LogP contribution in [-0.2, 0) is 11.3 Å². The first-order valence-electron chi connectivity index (χ1n) is 10.8. The second-order valence-electron chi connectivity index (χ2n) is 7.78. The number of guanidine groups is 1. The van der Waals surface area contributed by atoms with Crippen LogP contribution in [0.4, 0.5) is 0 Å². The van der Waals surface area contributed by atoms with Crippen LogP contribution in [0, 0.1) is 5.92 Å². The molecule has 0 saturated heterocycles. The minimum absolute atomic E-state index is 0.120. The number of hydrogen-bond acceptors (Lipinski definition) is 3. The first-order chi connectivity index (χ1) is 13.7. The maximum atomic E-state index is 12.1. The molecule has 3 rings (SSSR count). The van der Waals surface area contributed by atoms with Crippen molar-refractivity contribution in [2.24, 2.45) is 10.9 Å². The van der Waals surface area contributed by atoms with Gasteiger partial charge in [-0.05, 0) is 44.6 Å². The summed E-state index contributed by atoms with van der Waals surface area (Å²) in [6.07, 6.45) is 7.71. The maximum absolute atomic E-state index is 12.1. The minimum Gasteiger partial charge on any atom is -0.493 e. The van der Waals surface area contributed by atoms with Gasteiger partial charge in [-0.25, -0.2) is 4.99 Å². The van der Waals surface area contributed by atoms with Crippen molar-refractivity contribution in [1.82, 2.24) is 16.0 Å². The number of benzene rings is 1. The Morgan fingerprint density at radius 3 is 2.68 bits per heavy atom. The molecule has 2 aliphatic rings. The van der Waals surface area contributed by atoms with Crippen molar-refractivity contribution in [3.05, 3.63) is 29.8 Å². The van der Waals surface area contributed by atoms with Crippen molar-refractivity contribution in [2.45, 2.75) is 64.5 Å². The van der Waals surface area contributed by atoms with Gasteiger partial charge < -0.3 is 20.7 Å². The first-order valence-corrected chi connectivity index (χ1v) is 10.8. The van der Waals surface area contributed by atoms with E-state index in [1.165, 1.54) is 25.7 Å². The molecule has 154 valence electrons. The molecule has 1 aromatic carbocycles. The number of ether oxygens (including phenoxy) is 1. The van der Waals surface area contributed by atoms with Crippen LogP contribution in [0.2, 0.25) is 0 Å². The number of nitrogens with one attached hydrogen (secondary N) is 3. The van der Waals surface area contributed by atoms with E-state index < -0.39 is 0 Å². The summed E-state index contributed by atoms with van der Waals surface area (Å²) in [4.78, 5) is 16.7. The van der Waals surface area contributed by atoms with Crippen LogP contribution >= 0.6 is 0 Å². The number of carbonyl (C=O) groups is 1. The zero-order chi connectivity index (χ0) is 19.6. The number of hydrogen-bond donors (Lipinski definition) is 3. The molecule has 0 radical (unpaired) electrons. The molecule has 3 N–H and O–H groups in total. The molecule has 1 amide bonds. The average molecular weight is 387 g/mol. The lowest BCUT2D eigenvalue weighted by atomic mass is 10.2. The average Bonchev–Trinajstić information content (AvgIpc) is 3.39. The number of nitrogens with zero attached hydrogens (tertiary/aromatic N) is 1. The fourth-order valence-electron chi connectivity index (χ4n) is 3.44. The van der Waals surface area contributed by atoms with Crippen molar-refractivity contribution in [2.75, 3.05) is 19.7 Å². The third-order valence-electron chi connectivity index (χ3n) is 5.26. The molecular formula is C22H34N4O2. The normalized spacial score (nSPS) is 17.4. The van der Waals surface area contributed by atoms with Gasteiger partial charge in [0.25, 0.3) is 0 Å². The van der Waals surface area contributed by atoms with E-state index in [0.717, 1.165) is 49.2 Å². The number of para-hydroxylation sites is 1. The Hall–Kier alpha value is -2.24. The first kappa shape index (κ1) is 20.5. The van der Waals surface area contributed by atoms with Crippen molar-refractivity contribution < 1.29 is 9.53 Å². The van der Waals surface area contributed by atoms with Gasteiger partial charge in [-0.3, -0.25) is 4.79 Å². The predicted octanol–water partition coefficient (Wildman–Crippen LogP) is 2.98. The third-order valence-corrected chi connectivity index (χ3v) is 5.26. The van der Waals surface area contributed by atoms with Crippen LogP contribution in [-0.4, -0.2) is 37.6 Å². The molecular weight excluding hydrogens is 352 g/mol. The van der Waals surface area contributed by atoms with Gasteiger partial charge in [0.1, 0.15) is 5.75 Å². The molecule has 0 unspecified atom stereocenters. The van der Waals surface area contributed by atoms with Crippen molar-refractivity contribution >= 4 is 11.9 Å². The summed E-state index contributed by atoms with van der Waals surface area (Å²) in [5.74, 6) is 2.50.